The summed E-state index contributed by atoms with van der Waals surface area (Å²) in [5.74, 6) is 6.16. The minimum atomic E-state index is -1.10. The SMILES string of the molecule is C#CC.CCO.Clc1ccncn1.NCCSC[C@@H]1O[C@H](n2cnc3c(N)ncnc32)[C@@H](O)[C@H]1O.Nc1ncnc2c1ncn2[C@H]1O[C@@H](CSCCNc2ccncn2)[C@H](O)[C@@H]1O. The molecule has 0 unspecified atom stereocenters. The van der Waals surface area contributed by atoms with Crippen LogP contribution in [0.2, 0.25) is 5.15 Å². The standard InChI is InChI=1S/C16H20N8O3S.C12H18N6O3S.C4H3ClN2.C3H4.C2H6O/c17-14-11-15(22-7-21-14)24(8-23-11)16-13(26)12(25)9(27-16)5-28-4-3-19-10-1-2-18-6-20-10;13-1-2-22-3-6-8(19)9(20)12(21-6)18-5-17-7-10(14)15-4-16-11(7)18;5-4-1-2-6-3-7-4;1-3-2;1-2-3/h1-2,6-9,12-13,16,25-26H,3-5H2,(H2,17,21,22)(H,18,19,20);4-6,8-9,12,19-20H,1-3,13H2,(H2,14,15,16);1-3H;1H,2H3;3H,2H2,1H3/t9-,12-,13-,16-;6-,8-,9-,12-;;;/m00.../s1. The summed E-state index contributed by atoms with van der Waals surface area (Å²) >= 11 is 8.57. The molecule has 8 heterocycles. The Hall–Kier alpha value is -5.11. The van der Waals surface area contributed by atoms with Gasteiger partial charge in [-0.25, -0.2) is 49.8 Å². The molecule has 2 saturated heterocycles. The van der Waals surface area contributed by atoms with Crippen LogP contribution in [0, 0.1) is 12.3 Å². The molecule has 6 aromatic heterocycles. The summed E-state index contributed by atoms with van der Waals surface area (Å²) < 4.78 is 14.8. The number of nitrogens with zero attached hydrogens (tertiary/aromatic N) is 12. The van der Waals surface area contributed by atoms with E-state index in [-0.39, 0.29) is 18.2 Å². The molecule has 63 heavy (non-hydrogen) atoms. The highest BCUT2D eigenvalue weighted by Gasteiger charge is 2.45. The second-order valence-corrected chi connectivity index (χ2v) is 15.5. The number of aromatic nitrogens is 12. The molecule has 23 nitrogen and oxygen atoms in total. The van der Waals surface area contributed by atoms with Gasteiger partial charge in [-0.3, -0.25) is 9.13 Å². The molecule has 0 amide bonds. The fourth-order valence-electron chi connectivity index (χ4n) is 5.71. The van der Waals surface area contributed by atoms with E-state index in [4.69, 9.17) is 43.4 Å². The minimum Gasteiger partial charge on any atom is -0.397 e. The van der Waals surface area contributed by atoms with Crippen molar-refractivity contribution in [3.8, 4) is 12.3 Å². The molecule has 0 aromatic carbocycles. The lowest BCUT2D eigenvalue weighted by Crippen LogP contribution is -2.32. The lowest BCUT2D eigenvalue weighted by atomic mass is 10.1. The van der Waals surface area contributed by atoms with Gasteiger partial charge in [-0.2, -0.15) is 23.5 Å². The molecular formula is C37H51ClN16O7S2. The average molecular weight is 932 g/mol. The highest BCUT2D eigenvalue weighted by Crippen LogP contribution is 2.34. The molecule has 6 aromatic rings. The first-order valence-electron chi connectivity index (χ1n) is 19.1. The predicted molar refractivity (Wildman–Crippen MR) is 240 cm³/mol. The number of terminal acetylenes is 1. The lowest BCUT2D eigenvalue weighted by molar-refractivity contribution is -0.0289. The van der Waals surface area contributed by atoms with Gasteiger partial charge in [0.25, 0.3) is 0 Å². The Morgan fingerprint density at radius 2 is 1.22 bits per heavy atom. The van der Waals surface area contributed by atoms with Crippen LogP contribution >= 0.6 is 35.1 Å². The van der Waals surface area contributed by atoms with Crippen LogP contribution in [0.4, 0.5) is 17.5 Å². The molecule has 0 aliphatic carbocycles. The number of imidazole rings is 2. The summed E-state index contributed by atoms with van der Waals surface area (Å²) in [6.07, 6.45) is 9.65. The number of rotatable bonds is 12. The monoisotopic (exact) mass is 930 g/mol. The third kappa shape index (κ3) is 14.2. The smallest absolute Gasteiger partial charge is 0.167 e. The average Bonchev–Trinajstić information content (AvgIpc) is 4.05. The molecule has 0 spiro atoms. The number of aliphatic hydroxyl groups excluding tert-OH is 5. The largest absolute Gasteiger partial charge is 0.397 e. The third-order valence-corrected chi connectivity index (χ3v) is 10.9. The van der Waals surface area contributed by atoms with Crippen molar-refractivity contribution in [1.82, 2.24) is 59.0 Å². The fraction of sp³-hybridized carbons (Fsp3) is 0.459. The maximum Gasteiger partial charge on any atom is 0.167 e. The van der Waals surface area contributed by atoms with E-state index in [9.17, 15) is 20.4 Å². The first-order valence-corrected chi connectivity index (χ1v) is 21.8. The van der Waals surface area contributed by atoms with Gasteiger partial charge in [0.15, 0.2) is 35.4 Å². The van der Waals surface area contributed by atoms with Crippen molar-refractivity contribution in [2.75, 3.05) is 59.5 Å². The van der Waals surface area contributed by atoms with Gasteiger partial charge in [0.05, 0.1) is 24.9 Å². The number of thioether (sulfide) groups is 2. The van der Waals surface area contributed by atoms with Crippen molar-refractivity contribution in [2.45, 2.75) is 62.9 Å². The van der Waals surface area contributed by atoms with Gasteiger partial charge >= 0.3 is 0 Å². The number of nitrogen functional groups attached to an aromatic ring is 2. The van der Waals surface area contributed by atoms with Gasteiger partial charge in [-0.1, -0.05) is 11.6 Å². The van der Waals surface area contributed by atoms with Crippen LogP contribution in [-0.2, 0) is 9.47 Å². The highest BCUT2D eigenvalue weighted by molar-refractivity contribution is 7.99. The first kappa shape index (κ1) is 50.5. The predicted octanol–water partition coefficient (Wildman–Crippen LogP) is 0.151. The Labute approximate surface area is 375 Å². The van der Waals surface area contributed by atoms with Crippen molar-refractivity contribution >= 4 is 74.9 Å². The molecule has 340 valence electrons. The molecule has 8 rings (SSSR count). The van der Waals surface area contributed by atoms with E-state index in [1.54, 1.807) is 71.0 Å². The van der Waals surface area contributed by atoms with Crippen LogP contribution in [0.1, 0.15) is 26.3 Å². The number of anilines is 3. The van der Waals surface area contributed by atoms with Crippen LogP contribution in [0.5, 0.6) is 0 Å². The van der Waals surface area contributed by atoms with Gasteiger partial charge in [0.2, 0.25) is 0 Å². The zero-order valence-electron chi connectivity index (χ0n) is 34.3. The van der Waals surface area contributed by atoms with E-state index < -0.39 is 49.1 Å². The van der Waals surface area contributed by atoms with E-state index in [1.165, 1.54) is 38.0 Å². The number of nitrogens with two attached hydrogens (primary N) is 3. The number of hydrogen-bond donors (Lipinski definition) is 9. The minimum absolute atomic E-state index is 0.250. The molecule has 8 atom stereocenters. The second-order valence-electron chi connectivity index (χ2n) is 12.9. The number of ether oxygens (including phenoxy) is 2. The normalized spacial score (nSPS) is 22.3. The van der Waals surface area contributed by atoms with Crippen molar-refractivity contribution < 1.29 is 35.0 Å². The van der Waals surface area contributed by atoms with Crippen LogP contribution < -0.4 is 22.5 Å². The molecule has 0 bridgehead atoms. The maximum atomic E-state index is 10.4. The number of hydrogen-bond acceptors (Lipinski definition) is 23. The summed E-state index contributed by atoms with van der Waals surface area (Å²) in [6.45, 7) is 4.85. The number of fused-ring (bicyclic) bond motifs is 2. The fourth-order valence-corrected chi connectivity index (χ4v) is 7.57. The summed E-state index contributed by atoms with van der Waals surface area (Å²) in [6, 6.07) is 3.42. The van der Waals surface area contributed by atoms with Gasteiger partial charge in [-0.05, 0) is 26.0 Å². The van der Waals surface area contributed by atoms with Crippen LogP contribution in [0.3, 0.4) is 0 Å². The van der Waals surface area contributed by atoms with E-state index in [0.717, 1.165) is 17.3 Å². The Morgan fingerprint density at radius 1 is 0.746 bits per heavy atom. The van der Waals surface area contributed by atoms with Crippen molar-refractivity contribution in [3.05, 3.63) is 67.6 Å². The molecule has 0 saturated carbocycles. The van der Waals surface area contributed by atoms with Crippen LogP contribution in [0.25, 0.3) is 22.3 Å². The van der Waals surface area contributed by atoms with Crippen molar-refractivity contribution in [1.29, 1.82) is 0 Å². The quantitative estimate of drug-likeness (QED) is 0.0448. The number of aliphatic hydroxyl groups is 5. The molecular weight excluding hydrogens is 880 g/mol. The number of nitrogens with one attached hydrogen (secondary N) is 1. The first-order chi connectivity index (χ1) is 30.5. The molecule has 2 aliphatic rings. The topological polar surface area (TPSA) is 348 Å². The van der Waals surface area contributed by atoms with Gasteiger partial charge in [-0.15, -0.1) is 12.3 Å². The molecule has 0 radical (unpaired) electrons. The zero-order valence-corrected chi connectivity index (χ0v) is 36.7. The lowest BCUT2D eigenvalue weighted by Gasteiger charge is -2.16. The Bertz CT molecular complexity index is 2270. The Balaban J connectivity index is 0.000000219. The van der Waals surface area contributed by atoms with E-state index >= 15 is 0 Å². The van der Waals surface area contributed by atoms with Gasteiger partial charge in [0.1, 0.15) is 71.7 Å². The Morgan fingerprint density at radius 3 is 1.63 bits per heavy atom. The molecule has 26 heteroatoms. The van der Waals surface area contributed by atoms with Gasteiger partial charge < -0.3 is 57.5 Å². The summed E-state index contributed by atoms with van der Waals surface area (Å²) in [7, 11) is 0. The third-order valence-electron chi connectivity index (χ3n) is 8.50. The van der Waals surface area contributed by atoms with Crippen molar-refractivity contribution in [3.63, 3.8) is 0 Å². The van der Waals surface area contributed by atoms with Gasteiger partial charge in [0, 0.05) is 55.1 Å². The van der Waals surface area contributed by atoms with Crippen LogP contribution in [-0.4, -0.2) is 164 Å². The zero-order chi connectivity index (χ0) is 45.7. The number of halogens is 1. The second kappa shape index (κ2) is 26.5. The van der Waals surface area contributed by atoms with Crippen LogP contribution in [0.15, 0.2) is 62.5 Å². The van der Waals surface area contributed by atoms with E-state index in [2.05, 4.69) is 67.5 Å². The van der Waals surface area contributed by atoms with E-state index in [0.29, 0.717) is 52.1 Å². The van der Waals surface area contributed by atoms with E-state index in [1.807, 2.05) is 0 Å². The van der Waals surface area contributed by atoms with Crippen molar-refractivity contribution in [2.24, 2.45) is 5.73 Å². The molecule has 2 aliphatic heterocycles. The molecule has 12 N–H and O–H groups in total. The Kier molecular flexibility index (Phi) is 21.3. The molecule has 2 fully saturated rings. The summed E-state index contributed by atoms with van der Waals surface area (Å²) in [5.41, 5.74) is 18.8. The summed E-state index contributed by atoms with van der Waals surface area (Å²) in [4.78, 5) is 39.6. The highest BCUT2D eigenvalue weighted by atomic mass is 35.5. The summed E-state index contributed by atoms with van der Waals surface area (Å²) in [5, 5.41) is 52.5. The maximum absolute atomic E-state index is 10.4.